The number of likely N-dealkylation sites (tertiary alicyclic amines) is 1. The molecule has 0 saturated carbocycles. The van der Waals surface area contributed by atoms with Crippen molar-refractivity contribution in [3.05, 3.63) is 51.9 Å². The van der Waals surface area contributed by atoms with Gasteiger partial charge in [0.1, 0.15) is 6.33 Å². The molecule has 26 heavy (non-hydrogen) atoms. The molecule has 1 aliphatic heterocycles. The number of amides is 1. The van der Waals surface area contributed by atoms with Gasteiger partial charge in [0.15, 0.2) is 0 Å². The standard InChI is InChI=1S/C20H24BrN3O2/c1-14-15(2)22-13-23-20(14)26-12-17-7-9-24(10-8-17)19(25)11-16-3-5-18(21)6-4-16/h3-6,13,17H,7-12H2,1-2H3. The minimum atomic E-state index is 0.203. The minimum absolute atomic E-state index is 0.203. The number of halogens is 1. The molecule has 1 saturated heterocycles. The van der Waals surface area contributed by atoms with Crippen LogP contribution < -0.4 is 4.74 Å². The summed E-state index contributed by atoms with van der Waals surface area (Å²) >= 11 is 3.42. The van der Waals surface area contributed by atoms with E-state index in [1.807, 2.05) is 43.0 Å². The summed E-state index contributed by atoms with van der Waals surface area (Å²) in [5.41, 5.74) is 3.00. The number of carbonyl (C=O) groups excluding carboxylic acids is 1. The maximum absolute atomic E-state index is 12.5. The van der Waals surface area contributed by atoms with Crippen molar-refractivity contribution in [1.29, 1.82) is 0 Å². The summed E-state index contributed by atoms with van der Waals surface area (Å²) in [6, 6.07) is 7.94. The molecule has 0 N–H and O–H groups in total. The molecular weight excluding hydrogens is 394 g/mol. The van der Waals surface area contributed by atoms with Crippen LogP contribution in [-0.4, -0.2) is 40.5 Å². The molecule has 0 bridgehead atoms. The number of hydrogen-bond donors (Lipinski definition) is 0. The van der Waals surface area contributed by atoms with Gasteiger partial charge in [-0.1, -0.05) is 28.1 Å². The quantitative estimate of drug-likeness (QED) is 0.743. The molecule has 1 aromatic carbocycles. The molecule has 1 amide bonds. The van der Waals surface area contributed by atoms with E-state index in [1.165, 1.54) is 0 Å². The fourth-order valence-corrected chi connectivity index (χ4v) is 3.36. The van der Waals surface area contributed by atoms with Gasteiger partial charge in [-0.3, -0.25) is 4.79 Å². The SMILES string of the molecule is Cc1ncnc(OCC2CCN(C(=O)Cc3ccc(Br)cc3)CC2)c1C. The second-order valence-electron chi connectivity index (χ2n) is 6.83. The first-order valence-electron chi connectivity index (χ1n) is 8.96. The van der Waals surface area contributed by atoms with Gasteiger partial charge in [0.25, 0.3) is 0 Å². The zero-order valence-corrected chi connectivity index (χ0v) is 16.8. The van der Waals surface area contributed by atoms with E-state index in [0.29, 0.717) is 24.8 Å². The van der Waals surface area contributed by atoms with Crippen LogP contribution in [0, 0.1) is 19.8 Å². The van der Waals surface area contributed by atoms with Gasteiger partial charge in [-0.15, -0.1) is 0 Å². The van der Waals surface area contributed by atoms with Crippen molar-refractivity contribution in [3.8, 4) is 5.88 Å². The van der Waals surface area contributed by atoms with Crippen molar-refractivity contribution in [2.24, 2.45) is 5.92 Å². The molecule has 0 aliphatic carbocycles. The highest BCUT2D eigenvalue weighted by Gasteiger charge is 2.23. The highest BCUT2D eigenvalue weighted by atomic mass is 79.9. The van der Waals surface area contributed by atoms with E-state index in [0.717, 1.165) is 47.2 Å². The zero-order chi connectivity index (χ0) is 18.5. The summed E-state index contributed by atoms with van der Waals surface area (Å²) in [5.74, 6) is 1.33. The molecule has 1 fully saturated rings. The minimum Gasteiger partial charge on any atom is -0.477 e. The lowest BCUT2D eigenvalue weighted by Crippen LogP contribution is -2.40. The summed E-state index contributed by atoms with van der Waals surface area (Å²) in [4.78, 5) is 22.8. The molecule has 2 aromatic rings. The number of benzene rings is 1. The first-order chi connectivity index (χ1) is 12.5. The van der Waals surface area contributed by atoms with Gasteiger partial charge in [-0.25, -0.2) is 9.97 Å². The molecule has 0 radical (unpaired) electrons. The third-order valence-electron chi connectivity index (χ3n) is 4.98. The summed E-state index contributed by atoms with van der Waals surface area (Å²) in [6.45, 7) is 6.18. The van der Waals surface area contributed by atoms with E-state index >= 15 is 0 Å². The van der Waals surface area contributed by atoms with Crippen LogP contribution in [0.2, 0.25) is 0 Å². The Morgan fingerprint density at radius 1 is 1.19 bits per heavy atom. The zero-order valence-electron chi connectivity index (χ0n) is 15.2. The van der Waals surface area contributed by atoms with Crippen LogP contribution in [0.5, 0.6) is 5.88 Å². The van der Waals surface area contributed by atoms with E-state index in [4.69, 9.17) is 4.74 Å². The maximum Gasteiger partial charge on any atom is 0.226 e. The number of ether oxygens (including phenoxy) is 1. The van der Waals surface area contributed by atoms with Crippen LogP contribution in [0.25, 0.3) is 0 Å². The van der Waals surface area contributed by atoms with Crippen molar-refractivity contribution >= 4 is 21.8 Å². The Bertz CT molecular complexity index is 756. The van der Waals surface area contributed by atoms with Crippen LogP contribution in [0.15, 0.2) is 35.1 Å². The Morgan fingerprint density at radius 2 is 1.88 bits per heavy atom. The molecule has 6 heteroatoms. The van der Waals surface area contributed by atoms with Gasteiger partial charge in [0.2, 0.25) is 11.8 Å². The van der Waals surface area contributed by atoms with Crippen LogP contribution in [0.3, 0.4) is 0 Å². The molecule has 5 nitrogen and oxygen atoms in total. The first kappa shape index (κ1) is 18.8. The average molecular weight is 418 g/mol. The van der Waals surface area contributed by atoms with Crippen molar-refractivity contribution in [1.82, 2.24) is 14.9 Å². The van der Waals surface area contributed by atoms with E-state index < -0.39 is 0 Å². The first-order valence-corrected chi connectivity index (χ1v) is 9.75. The fraction of sp³-hybridized carbons (Fsp3) is 0.450. The van der Waals surface area contributed by atoms with Gasteiger partial charge in [0, 0.05) is 28.8 Å². The molecule has 138 valence electrons. The monoisotopic (exact) mass is 417 g/mol. The third kappa shape index (κ3) is 4.81. The number of hydrogen-bond acceptors (Lipinski definition) is 4. The number of aromatic nitrogens is 2. The fourth-order valence-electron chi connectivity index (χ4n) is 3.10. The lowest BCUT2D eigenvalue weighted by Gasteiger charge is -2.32. The largest absolute Gasteiger partial charge is 0.477 e. The predicted molar refractivity (Wildman–Crippen MR) is 104 cm³/mol. The highest BCUT2D eigenvalue weighted by Crippen LogP contribution is 2.21. The lowest BCUT2D eigenvalue weighted by atomic mass is 9.97. The van der Waals surface area contributed by atoms with E-state index in [9.17, 15) is 4.79 Å². The molecule has 1 aromatic heterocycles. The summed E-state index contributed by atoms with van der Waals surface area (Å²) < 4.78 is 6.93. The molecule has 0 unspecified atom stereocenters. The van der Waals surface area contributed by atoms with E-state index in [-0.39, 0.29) is 5.91 Å². The average Bonchev–Trinajstić information content (AvgIpc) is 2.65. The lowest BCUT2D eigenvalue weighted by molar-refractivity contribution is -0.132. The Morgan fingerprint density at radius 3 is 2.58 bits per heavy atom. The Balaban J connectivity index is 1.45. The molecular formula is C20H24BrN3O2. The second-order valence-corrected chi connectivity index (χ2v) is 7.74. The number of piperidine rings is 1. The Kier molecular flexibility index (Phi) is 6.25. The van der Waals surface area contributed by atoms with Crippen LogP contribution >= 0.6 is 15.9 Å². The van der Waals surface area contributed by atoms with Crippen LogP contribution in [0.1, 0.15) is 29.7 Å². The van der Waals surface area contributed by atoms with Crippen molar-refractivity contribution in [3.63, 3.8) is 0 Å². The molecule has 0 atom stereocenters. The van der Waals surface area contributed by atoms with Crippen LogP contribution in [-0.2, 0) is 11.2 Å². The van der Waals surface area contributed by atoms with Crippen molar-refractivity contribution in [2.45, 2.75) is 33.1 Å². The summed E-state index contributed by atoms with van der Waals surface area (Å²) in [5, 5.41) is 0. The Labute approximate surface area is 162 Å². The van der Waals surface area contributed by atoms with E-state index in [1.54, 1.807) is 6.33 Å². The smallest absolute Gasteiger partial charge is 0.226 e. The number of aryl methyl sites for hydroxylation is 1. The normalized spacial score (nSPS) is 15.1. The molecule has 1 aliphatic rings. The van der Waals surface area contributed by atoms with Gasteiger partial charge in [-0.2, -0.15) is 0 Å². The summed E-state index contributed by atoms with van der Waals surface area (Å²) in [7, 11) is 0. The highest BCUT2D eigenvalue weighted by molar-refractivity contribution is 9.10. The van der Waals surface area contributed by atoms with Gasteiger partial charge in [-0.05, 0) is 50.3 Å². The number of carbonyl (C=O) groups is 1. The van der Waals surface area contributed by atoms with E-state index in [2.05, 4.69) is 25.9 Å². The molecule has 3 rings (SSSR count). The van der Waals surface area contributed by atoms with Crippen LogP contribution in [0.4, 0.5) is 0 Å². The topological polar surface area (TPSA) is 55.3 Å². The number of nitrogens with zero attached hydrogens (tertiary/aromatic N) is 3. The second kappa shape index (κ2) is 8.62. The van der Waals surface area contributed by atoms with Gasteiger partial charge in [0.05, 0.1) is 13.0 Å². The van der Waals surface area contributed by atoms with Crippen molar-refractivity contribution in [2.75, 3.05) is 19.7 Å². The van der Waals surface area contributed by atoms with Gasteiger partial charge < -0.3 is 9.64 Å². The maximum atomic E-state index is 12.5. The van der Waals surface area contributed by atoms with Gasteiger partial charge >= 0.3 is 0 Å². The van der Waals surface area contributed by atoms with Crippen molar-refractivity contribution < 1.29 is 9.53 Å². The molecule has 2 heterocycles. The third-order valence-corrected chi connectivity index (χ3v) is 5.51. The molecule has 0 spiro atoms. The Hall–Kier alpha value is -1.95. The number of rotatable bonds is 5. The summed E-state index contributed by atoms with van der Waals surface area (Å²) in [6.07, 6.45) is 3.94. The predicted octanol–water partition coefficient (Wildman–Crippen LogP) is 3.72.